The van der Waals surface area contributed by atoms with Gasteiger partial charge in [0, 0.05) is 33.4 Å². The van der Waals surface area contributed by atoms with E-state index in [0.717, 1.165) is 21.0 Å². The van der Waals surface area contributed by atoms with Crippen molar-refractivity contribution in [2.45, 2.75) is 26.8 Å². The number of nitrogens with one attached hydrogen (secondary N) is 1. The highest BCUT2D eigenvalue weighted by atomic mass is 79.9. The number of hydrogen-bond acceptors (Lipinski definition) is 6. The fourth-order valence-electron chi connectivity index (χ4n) is 3.11. The number of aryl methyl sites for hydroxylation is 1. The van der Waals surface area contributed by atoms with Crippen molar-refractivity contribution < 1.29 is 13.7 Å². The summed E-state index contributed by atoms with van der Waals surface area (Å²) in [5, 5.41) is 7.91. The van der Waals surface area contributed by atoms with Crippen molar-refractivity contribution in [3.05, 3.63) is 64.4 Å². The van der Waals surface area contributed by atoms with Crippen LogP contribution < -0.4 is 5.32 Å². The molecule has 1 aromatic carbocycles. The molecule has 0 aliphatic rings. The van der Waals surface area contributed by atoms with Crippen LogP contribution in [0.25, 0.3) is 22.4 Å². The molecule has 0 spiro atoms. The lowest BCUT2D eigenvalue weighted by atomic mass is 10.0. The van der Waals surface area contributed by atoms with E-state index >= 15 is 0 Å². The molecule has 0 saturated heterocycles. The van der Waals surface area contributed by atoms with Crippen molar-refractivity contribution in [2.24, 2.45) is 5.92 Å². The number of hydrogen-bond donors (Lipinski definition) is 1. The second-order valence-electron chi connectivity index (χ2n) is 7.08. The number of carbonyl (C=O) groups excluding carboxylic acids is 1. The molecule has 3 aromatic heterocycles. The molecule has 0 aliphatic heterocycles. The predicted molar refractivity (Wildman–Crippen MR) is 111 cm³/mol. The first-order valence-corrected chi connectivity index (χ1v) is 9.97. The van der Waals surface area contributed by atoms with E-state index in [9.17, 15) is 4.79 Å². The molecule has 1 atom stereocenters. The van der Waals surface area contributed by atoms with Crippen molar-refractivity contribution in [2.75, 3.05) is 0 Å². The number of benzene rings is 1. The first kappa shape index (κ1) is 19.3. The number of nitrogens with zero attached hydrogens (tertiary/aromatic N) is 3. The summed E-state index contributed by atoms with van der Waals surface area (Å²) in [6.45, 7) is 5.82. The summed E-state index contributed by atoms with van der Waals surface area (Å²) in [4.78, 5) is 21.4. The molecule has 29 heavy (non-hydrogen) atoms. The van der Waals surface area contributed by atoms with Crippen LogP contribution in [0.15, 0.2) is 56.1 Å². The van der Waals surface area contributed by atoms with E-state index in [1.54, 1.807) is 24.5 Å². The summed E-state index contributed by atoms with van der Waals surface area (Å²) in [6.07, 6.45) is 3.32. The number of pyridine rings is 1. The fraction of sp³-hybridized carbons (Fsp3) is 0.238. The van der Waals surface area contributed by atoms with E-state index in [1.165, 1.54) is 0 Å². The Morgan fingerprint density at radius 2 is 1.93 bits per heavy atom. The van der Waals surface area contributed by atoms with E-state index in [0.29, 0.717) is 17.3 Å². The van der Waals surface area contributed by atoms with Crippen molar-refractivity contribution in [3.63, 3.8) is 0 Å². The van der Waals surface area contributed by atoms with Gasteiger partial charge in [0.1, 0.15) is 11.6 Å². The van der Waals surface area contributed by atoms with Crippen LogP contribution in [0.2, 0.25) is 0 Å². The van der Waals surface area contributed by atoms with Gasteiger partial charge in [-0.05, 0) is 43.2 Å². The standard InChI is InChI=1S/C21H19BrN4O3/c1-11(2)17(21-25-19(26-29-21)13-6-8-23-9-7-13)24-20(27)18-12(3)15-10-14(22)4-5-16(15)28-18/h4-11,17H,1-3H3,(H,24,27). The normalized spacial score (nSPS) is 12.4. The van der Waals surface area contributed by atoms with E-state index in [1.807, 2.05) is 39.0 Å². The summed E-state index contributed by atoms with van der Waals surface area (Å²) >= 11 is 3.45. The molecule has 1 amide bonds. The highest BCUT2D eigenvalue weighted by Crippen LogP contribution is 2.29. The van der Waals surface area contributed by atoms with Crippen LogP contribution in [-0.2, 0) is 0 Å². The minimum Gasteiger partial charge on any atom is -0.451 e. The smallest absolute Gasteiger partial charge is 0.287 e. The van der Waals surface area contributed by atoms with Crippen molar-refractivity contribution in [3.8, 4) is 11.4 Å². The van der Waals surface area contributed by atoms with Gasteiger partial charge in [0.15, 0.2) is 5.76 Å². The first-order chi connectivity index (χ1) is 13.9. The van der Waals surface area contributed by atoms with Crippen LogP contribution in [0.4, 0.5) is 0 Å². The number of rotatable bonds is 5. The number of amides is 1. The van der Waals surface area contributed by atoms with Crippen LogP contribution in [0, 0.1) is 12.8 Å². The van der Waals surface area contributed by atoms with Gasteiger partial charge in [-0.1, -0.05) is 34.9 Å². The number of aromatic nitrogens is 3. The van der Waals surface area contributed by atoms with E-state index < -0.39 is 6.04 Å². The number of halogens is 1. The van der Waals surface area contributed by atoms with Gasteiger partial charge >= 0.3 is 0 Å². The Labute approximate surface area is 175 Å². The van der Waals surface area contributed by atoms with Gasteiger partial charge in [0.25, 0.3) is 5.91 Å². The third-order valence-electron chi connectivity index (χ3n) is 4.70. The molecule has 0 radical (unpaired) electrons. The summed E-state index contributed by atoms with van der Waals surface area (Å²) in [5.41, 5.74) is 2.24. The van der Waals surface area contributed by atoms with Gasteiger partial charge in [-0.15, -0.1) is 0 Å². The zero-order valence-corrected chi connectivity index (χ0v) is 17.7. The van der Waals surface area contributed by atoms with E-state index in [4.69, 9.17) is 8.94 Å². The third-order valence-corrected chi connectivity index (χ3v) is 5.20. The molecule has 4 aromatic rings. The summed E-state index contributed by atoms with van der Waals surface area (Å²) in [7, 11) is 0. The van der Waals surface area contributed by atoms with E-state index in [-0.39, 0.29) is 17.6 Å². The Kier molecular flexibility index (Phi) is 5.19. The van der Waals surface area contributed by atoms with Gasteiger partial charge in [0.05, 0.1) is 0 Å². The number of furan rings is 1. The SMILES string of the molecule is Cc1c(C(=O)NC(c2nc(-c3ccncc3)no2)C(C)C)oc2ccc(Br)cc12. The molecule has 8 heteroatoms. The Hall–Kier alpha value is -3.00. The zero-order chi connectivity index (χ0) is 20.5. The van der Waals surface area contributed by atoms with Crippen LogP contribution in [0.1, 0.15) is 41.9 Å². The van der Waals surface area contributed by atoms with E-state index in [2.05, 4.69) is 36.4 Å². The highest BCUT2D eigenvalue weighted by molar-refractivity contribution is 9.10. The minimum absolute atomic E-state index is 0.0310. The molecule has 0 aliphatic carbocycles. The van der Waals surface area contributed by atoms with Crippen LogP contribution in [0.5, 0.6) is 0 Å². The molecule has 7 nitrogen and oxygen atoms in total. The molecular weight excluding hydrogens is 436 g/mol. The van der Waals surface area contributed by atoms with Crippen molar-refractivity contribution >= 4 is 32.8 Å². The van der Waals surface area contributed by atoms with Crippen molar-refractivity contribution in [1.82, 2.24) is 20.4 Å². The second-order valence-corrected chi connectivity index (χ2v) is 8.00. The first-order valence-electron chi connectivity index (χ1n) is 9.17. The Morgan fingerprint density at radius 3 is 2.66 bits per heavy atom. The average molecular weight is 455 g/mol. The van der Waals surface area contributed by atoms with Gasteiger partial charge in [0.2, 0.25) is 11.7 Å². The highest BCUT2D eigenvalue weighted by Gasteiger charge is 2.28. The molecule has 0 bridgehead atoms. The van der Waals surface area contributed by atoms with Gasteiger partial charge in [-0.2, -0.15) is 4.98 Å². The molecule has 0 saturated carbocycles. The van der Waals surface area contributed by atoms with Crippen molar-refractivity contribution in [1.29, 1.82) is 0 Å². The molecule has 3 heterocycles. The lowest BCUT2D eigenvalue weighted by Gasteiger charge is -2.17. The maximum absolute atomic E-state index is 13.0. The quantitative estimate of drug-likeness (QED) is 0.451. The molecular formula is C21H19BrN4O3. The fourth-order valence-corrected chi connectivity index (χ4v) is 3.47. The Balaban J connectivity index is 1.62. The monoisotopic (exact) mass is 454 g/mol. The molecule has 0 fully saturated rings. The van der Waals surface area contributed by atoms with Crippen LogP contribution in [0.3, 0.4) is 0 Å². The molecule has 1 N–H and O–H groups in total. The average Bonchev–Trinajstić information content (AvgIpc) is 3.32. The molecule has 1 unspecified atom stereocenters. The lowest BCUT2D eigenvalue weighted by molar-refractivity contribution is 0.0887. The van der Waals surface area contributed by atoms with Gasteiger partial charge in [-0.25, -0.2) is 0 Å². The topological polar surface area (TPSA) is 94.1 Å². The van der Waals surface area contributed by atoms with Gasteiger partial charge in [-0.3, -0.25) is 9.78 Å². The summed E-state index contributed by atoms with van der Waals surface area (Å²) in [6, 6.07) is 8.79. The molecule has 4 rings (SSSR count). The maximum atomic E-state index is 13.0. The van der Waals surface area contributed by atoms with Gasteiger partial charge < -0.3 is 14.3 Å². The Morgan fingerprint density at radius 1 is 1.17 bits per heavy atom. The minimum atomic E-state index is -0.454. The molecule has 148 valence electrons. The number of fused-ring (bicyclic) bond motifs is 1. The van der Waals surface area contributed by atoms with Crippen LogP contribution in [-0.4, -0.2) is 21.0 Å². The summed E-state index contributed by atoms with van der Waals surface area (Å²) in [5.74, 6) is 0.780. The second kappa shape index (κ2) is 7.79. The lowest BCUT2D eigenvalue weighted by Crippen LogP contribution is -2.32. The van der Waals surface area contributed by atoms with Crippen LogP contribution >= 0.6 is 15.9 Å². The predicted octanol–water partition coefficient (Wildman–Crippen LogP) is 5.08. The summed E-state index contributed by atoms with van der Waals surface area (Å²) < 4.78 is 12.2. The maximum Gasteiger partial charge on any atom is 0.287 e. The zero-order valence-electron chi connectivity index (χ0n) is 16.1. The third kappa shape index (κ3) is 3.80. The number of carbonyl (C=O) groups is 1. The largest absolute Gasteiger partial charge is 0.451 e. The Bertz CT molecular complexity index is 1170.